The minimum Gasteiger partial charge on any atom is -0.478 e. The molecule has 4 nitrogen and oxygen atoms in total. The van der Waals surface area contributed by atoms with Gasteiger partial charge < -0.3 is 9.67 Å². The number of halogens is 1. The van der Waals surface area contributed by atoms with E-state index in [1.165, 1.54) is 5.56 Å². The highest BCUT2D eigenvalue weighted by atomic mass is 35.5. The maximum Gasteiger partial charge on any atom is 0.336 e. The van der Waals surface area contributed by atoms with Crippen molar-refractivity contribution in [3.05, 3.63) is 88.5 Å². The van der Waals surface area contributed by atoms with Crippen LogP contribution < -0.4 is 0 Å². The molecule has 0 amide bonds. The number of aryl methyl sites for hydroxylation is 2. The van der Waals surface area contributed by atoms with E-state index in [1.807, 2.05) is 47.2 Å². The van der Waals surface area contributed by atoms with Crippen molar-refractivity contribution >= 4 is 17.6 Å². The summed E-state index contributed by atoms with van der Waals surface area (Å²) in [5, 5.41) is 10.0. The lowest BCUT2D eigenvalue weighted by Crippen LogP contribution is -2.10. The van der Waals surface area contributed by atoms with Crippen LogP contribution in [0.1, 0.15) is 27.3 Å². The van der Waals surface area contributed by atoms with Gasteiger partial charge in [0.1, 0.15) is 5.82 Å². The van der Waals surface area contributed by atoms with Crippen molar-refractivity contribution in [1.29, 1.82) is 0 Å². The molecule has 0 bridgehead atoms. The van der Waals surface area contributed by atoms with Gasteiger partial charge in [0.05, 0.1) is 5.56 Å². The molecule has 0 unspecified atom stereocenters. The Labute approximate surface area is 145 Å². The average molecular weight is 341 g/mol. The molecule has 0 radical (unpaired) electrons. The van der Waals surface area contributed by atoms with Crippen LogP contribution in [-0.2, 0) is 19.4 Å². The topological polar surface area (TPSA) is 55.1 Å². The summed E-state index contributed by atoms with van der Waals surface area (Å²) in [5.41, 5.74) is 2.30. The predicted molar refractivity (Wildman–Crippen MR) is 93.6 cm³/mol. The van der Waals surface area contributed by atoms with Crippen LogP contribution >= 0.6 is 11.6 Å². The van der Waals surface area contributed by atoms with Crippen LogP contribution in [0.25, 0.3) is 0 Å². The summed E-state index contributed by atoms with van der Waals surface area (Å²) in [6.07, 6.45) is 5.27. The highest BCUT2D eigenvalue weighted by Gasteiger charge is 2.11. The number of nitrogens with zero attached hydrogens (tertiary/aromatic N) is 2. The SMILES string of the molecule is O=C(O)c1ccccc1Cn1ccnc1CCc1ccc(Cl)cc1. The minimum absolute atomic E-state index is 0.329. The number of hydrogen-bond acceptors (Lipinski definition) is 2. The van der Waals surface area contributed by atoms with Crippen LogP contribution in [0.5, 0.6) is 0 Å². The van der Waals surface area contributed by atoms with E-state index >= 15 is 0 Å². The van der Waals surface area contributed by atoms with Gasteiger partial charge in [-0.05, 0) is 35.7 Å². The Morgan fingerprint density at radius 3 is 2.58 bits per heavy atom. The lowest BCUT2D eigenvalue weighted by Gasteiger charge is -2.10. The van der Waals surface area contributed by atoms with Gasteiger partial charge in [-0.2, -0.15) is 0 Å². The second-order valence-electron chi connectivity index (χ2n) is 5.56. The van der Waals surface area contributed by atoms with Crippen molar-refractivity contribution in [3.8, 4) is 0 Å². The fourth-order valence-corrected chi connectivity index (χ4v) is 2.80. The van der Waals surface area contributed by atoms with Crippen molar-refractivity contribution < 1.29 is 9.90 Å². The lowest BCUT2D eigenvalue weighted by atomic mass is 10.1. The van der Waals surface area contributed by atoms with Crippen LogP contribution in [0.3, 0.4) is 0 Å². The Balaban J connectivity index is 1.74. The van der Waals surface area contributed by atoms with E-state index in [2.05, 4.69) is 4.98 Å². The standard InChI is InChI=1S/C19H17ClN2O2/c20-16-8-5-14(6-9-16)7-10-18-21-11-12-22(18)13-15-3-1-2-4-17(15)19(23)24/h1-6,8-9,11-12H,7,10,13H2,(H,23,24). The monoisotopic (exact) mass is 340 g/mol. The summed E-state index contributed by atoms with van der Waals surface area (Å²) in [5.74, 6) is 0.0265. The molecule has 1 aromatic heterocycles. The first-order valence-electron chi connectivity index (χ1n) is 7.69. The molecule has 3 rings (SSSR count). The second-order valence-corrected chi connectivity index (χ2v) is 6.00. The van der Waals surface area contributed by atoms with E-state index < -0.39 is 5.97 Å². The zero-order valence-electron chi connectivity index (χ0n) is 13.0. The number of hydrogen-bond donors (Lipinski definition) is 1. The number of carboxylic acid groups (broad SMARTS) is 1. The van der Waals surface area contributed by atoms with Gasteiger partial charge in [0, 0.05) is 30.4 Å². The van der Waals surface area contributed by atoms with Crippen LogP contribution in [0.15, 0.2) is 60.9 Å². The van der Waals surface area contributed by atoms with E-state index in [9.17, 15) is 9.90 Å². The first kappa shape index (κ1) is 16.3. The van der Waals surface area contributed by atoms with Gasteiger partial charge in [0.2, 0.25) is 0 Å². The molecule has 0 saturated carbocycles. The fourth-order valence-electron chi connectivity index (χ4n) is 2.67. The largest absolute Gasteiger partial charge is 0.478 e. The summed E-state index contributed by atoms with van der Waals surface area (Å²) in [4.78, 5) is 15.7. The zero-order chi connectivity index (χ0) is 16.9. The molecule has 0 atom stereocenters. The van der Waals surface area contributed by atoms with Crippen molar-refractivity contribution in [3.63, 3.8) is 0 Å². The Morgan fingerprint density at radius 2 is 1.83 bits per heavy atom. The summed E-state index contributed by atoms with van der Waals surface area (Å²) in [6.45, 7) is 0.498. The molecule has 1 heterocycles. The van der Waals surface area contributed by atoms with Crippen LogP contribution in [0, 0.1) is 0 Å². The summed E-state index contributed by atoms with van der Waals surface area (Å²) in [6, 6.07) is 14.8. The van der Waals surface area contributed by atoms with Crippen molar-refractivity contribution in [2.24, 2.45) is 0 Å². The molecule has 0 aliphatic heterocycles. The number of aromatic nitrogens is 2. The number of carbonyl (C=O) groups is 1. The van der Waals surface area contributed by atoms with E-state index in [0.29, 0.717) is 12.1 Å². The molecule has 0 aliphatic carbocycles. The quantitative estimate of drug-likeness (QED) is 0.736. The molecule has 5 heteroatoms. The molecule has 1 N–H and O–H groups in total. The van der Waals surface area contributed by atoms with Gasteiger partial charge in [-0.25, -0.2) is 9.78 Å². The third kappa shape index (κ3) is 3.84. The Kier molecular flexibility index (Phi) is 4.96. The molecule has 0 aliphatic rings. The van der Waals surface area contributed by atoms with Gasteiger partial charge in [-0.3, -0.25) is 0 Å². The van der Waals surface area contributed by atoms with Gasteiger partial charge in [0.15, 0.2) is 0 Å². The van der Waals surface area contributed by atoms with E-state index in [1.54, 1.807) is 18.3 Å². The van der Waals surface area contributed by atoms with E-state index in [4.69, 9.17) is 11.6 Å². The minimum atomic E-state index is -0.909. The number of carboxylic acids is 1. The predicted octanol–water partition coefficient (Wildman–Crippen LogP) is 4.07. The Hall–Kier alpha value is -2.59. The Morgan fingerprint density at radius 1 is 1.08 bits per heavy atom. The molecular formula is C19H17ClN2O2. The first-order valence-corrected chi connectivity index (χ1v) is 8.07. The highest BCUT2D eigenvalue weighted by Crippen LogP contribution is 2.14. The van der Waals surface area contributed by atoms with Crippen LogP contribution in [0.4, 0.5) is 0 Å². The molecular weight excluding hydrogens is 324 g/mol. The average Bonchev–Trinajstić information content (AvgIpc) is 3.02. The molecule has 0 fully saturated rings. The number of aromatic carboxylic acids is 1. The smallest absolute Gasteiger partial charge is 0.336 e. The van der Waals surface area contributed by atoms with E-state index in [0.717, 1.165) is 29.3 Å². The number of imidazole rings is 1. The number of rotatable bonds is 6. The summed E-state index contributed by atoms with van der Waals surface area (Å²) in [7, 11) is 0. The van der Waals surface area contributed by atoms with Gasteiger partial charge in [-0.15, -0.1) is 0 Å². The van der Waals surface area contributed by atoms with Crippen LogP contribution in [-0.4, -0.2) is 20.6 Å². The molecule has 0 saturated heterocycles. The normalized spacial score (nSPS) is 10.7. The fraction of sp³-hybridized carbons (Fsp3) is 0.158. The molecule has 24 heavy (non-hydrogen) atoms. The van der Waals surface area contributed by atoms with Crippen LogP contribution in [0.2, 0.25) is 5.02 Å². The first-order chi connectivity index (χ1) is 11.6. The van der Waals surface area contributed by atoms with E-state index in [-0.39, 0.29) is 0 Å². The van der Waals surface area contributed by atoms with Gasteiger partial charge >= 0.3 is 5.97 Å². The van der Waals surface area contributed by atoms with Gasteiger partial charge in [0.25, 0.3) is 0 Å². The molecule has 0 spiro atoms. The highest BCUT2D eigenvalue weighted by molar-refractivity contribution is 6.30. The summed E-state index contributed by atoms with van der Waals surface area (Å²) >= 11 is 5.90. The maximum atomic E-state index is 11.3. The summed E-state index contributed by atoms with van der Waals surface area (Å²) < 4.78 is 2.00. The molecule has 2 aromatic carbocycles. The zero-order valence-corrected chi connectivity index (χ0v) is 13.8. The maximum absolute atomic E-state index is 11.3. The molecule has 3 aromatic rings. The third-order valence-corrected chi connectivity index (χ3v) is 4.19. The van der Waals surface area contributed by atoms with Crippen molar-refractivity contribution in [1.82, 2.24) is 9.55 Å². The van der Waals surface area contributed by atoms with Crippen molar-refractivity contribution in [2.75, 3.05) is 0 Å². The number of benzene rings is 2. The van der Waals surface area contributed by atoms with Gasteiger partial charge in [-0.1, -0.05) is 41.9 Å². The lowest BCUT2D eigenvalue weighted by molar-refractivity contribution is 0.0695. The second kappa shape index (κ2) is 7.32. The molecule has 122 valence electrons. The van der Waals surface area contributed by atoms with Crippen molar-refractivity contribution in [2.45, 2.75) is 19.4 Å². The third-order valence-electron chi connectivity index (χ3n) is 3.94. The Bertz CT molecular complexity index is 841.